The van der Waals surface area contributed by atoms with Crippen molar-refractivity contribution in [2.45, 2.75) is 39.3 Å². The van der Waals surface area contributed by atoms with Crippen LogP contribution in [0, 0.1) is 0 Å². The Morgan fingerprint density at radius 1 is 1.32 bits per heavy atom. The van der Waals surface area contributed by atoms with Crippen LogP contribution in [0.25, 0.3) is 0 Å². The largest absolute Gasteiger partial charge is 0.493 e. The van der Waals surface area contributed by atoms with Gasteiger partial charge in [-0.3, -0.25) is 0 Å². The van der Waals surface area contributed by atoms with Gasteiger partial charge in [0.2, 0.25) is 0 Å². The summed E-state index contributed by atoms with van der Waals surface area (Å²) in [6, 6.07) is 3.95. The number of ether oxygens (including phenoxy) is 2. The minimum Gasteiger partial charge on any atom is -0.493 e. The fraction of sp³-hybridized carbons (Fsp3) is 0.471. The van der Waals surface area contributed by atoms with E-state index in [-0.39, 0.29) is 5.54 Å². The third-order valence-corrected chi connectivity index (χ3v) is 2.91. The van der Waals surface area contributed by atoms with Gasteiger partial charge in [-0.2, -0.15) is 0 Å². The van der Waals surface area contributed by atoms with Gasteiger partial charge in [-0.05, 0) is 44.9 Å². The van der Waals surface area contributed by atoms with Crippen LogP contribution < -0.4 is 20.5 Å². The van der Waals surface area contributed by atoms with Gasteiger partial charge in [-0.1, -0.05) is 6.08 Å². The molecule has 0 fully saturated rings. The molecule has 122 valence electrons. The van der Waals surface area contributed by atoms with Gasteiger partial charge in [-0.25, -0.2) is 4.99 Å². The number of nitrogens with one attached hydrogen (secondary N) is 1. The Kier molecular flexibility index (Phi) is 6.28. The van der Waals surface area contributed by atoms with E-state index >= 15 is 0 Å². The molecular formula is C17H27N3O2. The molecule has 22 heavy (non-hydrogen) atoms. The highest BCUT2D eigenvalue weighted by Crippen LogP contribution is 2.33. The first-order valence-electron chi connectivity index (χ1n) is 7.23. The zero-order chi connectivity index (χ0) is 16.8. The smallest absolute Gasteiger partial charge is 0.189 e. The second kappa shape index (κ2) is 7.73. The highest BCUT2D eigenvalue weighted by atomic mass is 16.5. The van der Waals surface area contributed by atoms with Gasteiger partial charge in [0.25, 0.3) is 0 Å². The third kappa shape index (κ3) is 5.31. The summed E-state index contributed by atoms with van der Waals surface area (Å²) < 4.78 is 10.8. The van der Waals surface area contributed by atoms with E-state index in [0.717, 1.165) is 16.9 Å². The lowest BCUT2D eigenvalue weighted by atomic mass is 10.1. The van der Waals surface area contributed by atoms with Gasteiger partial charge in [0.15, 0.2) is 17.5 Å². The van der Waals surface area contributed by atoms with Crippen LogP contribution in [0.3, 0.4) is 0 Å². The summed E-state index contributed by atoms with van der Waals surface area (Å²) >= 11 is 0. The highest BCUT2D eigenvalue weighted by Gasteiger charge is 2.12. The average molecular weight is 305 g/mol. The Bertz CT molecular complexity index is 546. The van der Waals surface area contributed by atoms with Gasteiger partial charge in [0, 0.05) is 11.1 Å². The van der Waals surface area contributed by atoms with Crippen LogP contribution in [0.2, 0.25) is 0 Å². The summed E-state index contributed by atoms with van der Waals surface area (Å²) in [5.74, 6) is 1.85. The van der Waals surface area contributed by atoms with Crippen molar-refractivity contribution in [2.75, 3.05) is 14.2 Å². The van der Waals surface area contributed by atoms with Gasteiger partial charge in [0.1, 0.15) is 0 Å². The Hall–Kier alpha value is -2.17. The normalized spacial score (nSPS) is 12.0. The Morgan fingerprint density at radius 3 is 2.50 bits per heavy atom. The summed E-state index contributed by atoms with van der Waals surface area (Å²) in [5.41, 5.74) is 7.81. The van der Waals surface area contributed by atoms with E-state index in [1.54, 1.807) is 14.2 Å². The van der Waals surface area contributed by atoms with Gasteiger partial charge in [0.05, 0.1) is 20.8 Å². The minimum absolute atomic E-state index is 0.112. The molecule has 5 nitrogen and oxygen atoms in total. The van der Waals surface area contributed by atoms with Crippen LogP contribution >= 0.6 is 0 Å². The first kappa shape index (κ1) is 17.9. The molecular weight excluding hydrogens is 278 g/mol. The molecule has 0 unspecified atom stereocenters. The number of methoxy groups -OCH3 is 2. The molecule has 0 aromatic heterocycles. The number of nitrogens with two attached hydrogens (primary N) is 1. The minimum atomic E-state index is -0.112. The third-order valence-electron chi connectivity index (χ3n) is 2.91. The van der Waals surface area contributed by atoms with Crippen molar-refractivity contribution in [3.8, 4) is 11.5 Å². The van der Waals surface area contributed by atoms with Crippen molar-refractivity contribution >= 4 is 5.96 Å². The molecule has 0 spiro atoms. The Morgan fingerprint density at radius 2 is 2.00 bits per heavy atom. The number of allylic oxidation sites excluding steroid dienone is 1. The Labute approximate surface area is 133 Å². The maximum absolute atomic E-state index is 5.90. The molecule has 0 aliphatic heterocycles. The van der Waals surface area contributed by atoms with Crippen LogP contribution in [0.4, 0.5) is 0 Å². The van der Waals surface area contributed by atoms with E-state index in [1.165, 1.54) is 0 Å². The molecule has 0 aliphatic rings. The molecule has 1 aromatic carbocycles. The fourth-order valence-electron chi connectivity index (χ4n) is 2.11. The number of guanidine groups is 1. The predicted octanol–water partition coefficient (Wildman–Crippen LogP) is 2.64. The lowest BCUT2D eigenvalue weighted by Crippen LogP contribution is -2.44. The molecule has 1 aromatic rings. The monoisotopic (exact) mass is 305 g/mol. The molecule has 0 saturated heterocycles. The number of nitrogens with zero attached hydrogens (tertiary/aromatic N) is 1. The van der Waals surface area contributed by atoms with Gasteiger partial charge >= 0.3 is 0 Å². The summed E-state index contributed by atoms with van der Waals surface area (Å²) in [6.07, 6.45) is 2.53. The zero-order valence-corrected chi connectivity index (χ0v) is 14.2. The van der Waals surface area contributed by atoms with E-state index in [4.69, 9.17) is 15.2 Å². The van der Waals surface area contributed by atoms with Crippen molar-refractivity contribution in [3.05, 3.63) is 35.9 Å². The lowest BCUT2D eigenvalue weighted by molar-refractivity contribution is 0.352. The van der Waals surface area contributed by atoms with Crippen molar-refractivity contribution in [2.24, 2.45) is 10.7 Å². The molecule has 5 heteroatoms. The Balaban J connectivity index is 3.02. The quantitative estimate of drug-likeness (QED) is 0.481. The maximum atomic E-state index is 5.90. The lowest BCUT2D eigenvalue weighted by Gasteiger charge is -2.21. The predicted molar refractivity (Wildman–Crippen MR) is 91.7 cm³/mol. The van der Waals surface area contributed by atoms with E-state index in [9.17, 15) is 0 Å². The second-order valence-electron chi connectivity index (χ2n) is 6.06. The molecule has 0 aliphatic carbocycles. The van der Waals surface area contributed by atoms with E-state index in [2.05, 4.69) is 16.9 Å². The van der Waals surface area contributed by atoms with Crippen molar-refractivity contribution in [1.29, 1.82) is 0 Å². The number of hydrogen-bond acceptors (Lipinski definition) is 3. The summed E-state index contributed by atoms with van der Waals surface area (Å²) in [6.45, 7) is 10.4. The molecule has 0 amide bonds. The van der Waals surface area contributed by atoms with Gasteiger partial charge in [-0.15, -0.1) is 6.58 Å². The fourth-order valence-corrected chi connectivity index (χ4v) is 2.11. The van der Waals surface area contributed by atoms with Crippen LogP contribution in [0.5, 0.6) is 11.5 Å². The molecule has 0 heterocycles. The zero-order valence-electron chi connectivity index (χ0n) is 14.2. The summed E-state index contributed by atoms with van der Waals surface area (Å²) in [7, 11) is 3.26. The number of aliphatic imine (C=N–C) groups is 1. The van der Waals surface area contributed by atoms with Crippen LogP contribution in [-0.4, -0.2) is 25.7 Å². The van der Waals surface area contributed by atoms with Crippen LogP contribution in [0.1, 0.15) is 31.9 Å². The number of rotatable bonds is 6. The molecule has 0 atom stereocenters. The molecule has 3 N–H and O–H groups in total. The second-order valence-corrected chi connectivity index (χ2v) is 6.06. The van der Waals surface area contributed by atoms with Gasteiger partial charge < -0.3 is 20.5 Å². The summed E-state index contributed by atoms with van der Waals surface area (Å²) in [4.78, 5) is 4.37. The topological polar surface area (TPSA) is 68.9 Å². The van der Waals surface area contributed by atoms with Crippen molar-refractivity contribution < 1.29 is 9.47 Å². The molecule has 0 radical (unpaired) electrons. The molecule has 0 bridgehead atoms. The highest BCUT2D eigenvalue weighted by molar-refractivity contribution is 5.78. The first-order chi connectivity index (χ1) is 10.3. The van der Waals surface area contributed by atoms with E-state index in [0.29, 0.717) is 24.7 Å². The van der Waals surface area contributed by atoms with E-state index in [1.807, 2.05) is 39.0 Å². The van der Waals surface area contributed by atoms with Crippen molar-refractivity contribution in [1.82, 2.24) is 5.32 Å². The molecule has 0 saturated carbocycles. The standard InChI is InChI=1S/C17H27N3O2/c1-7-8-13-9-12(10-14(21-5)15(13)22-6)11-19-16(18)20-17(2,3)4/h7,9-10H,1,8,11H2,2-6H3,(H3,18,19,20). The SMILES string of the molecule is C=CCc1cc(CN=C(N)NC(C)(C)C)cc(OC)c1OC. The average Bonchev–Trinajstić information content (AvgIpc) is 2.43. The number of benzene rings is 1. The van der Waals surface area contributed by atoms with Crippen molar-refractivity contribution in [3.63, 3.8) is 0 Å². The van der Waals surface area contributed by atoms with Crippen LogP contribution in [-0.2, 0) is 13.0 Å². The maximum Gasteiger partial charge on any atom is 0.189 e. The van der Waals surface area contributed by atoms with E-state index < -0.39 is 0 Å². The first-order valence-corrected chi connectivity index (χ1v) is 7.23. The van der Waals surface area contributed by atoms with Crippen LogP contribution in [0.15, 0.2) is 29.8 Å². The summed E-state index contributed by atoms with van der Waals surface area (Å²) in [5, 5.41) is 3.14. The number of hydrogen-bond donors (Lipinski definition) is 2. The molecule has 1 rings (SSSR count).